The number of benzene rings is 1. The summed E-state index contributed by atoms with van der Waals surface area (Å²) in [5.41, 5.74) is 1.26. The Bertz CT molecular complexity index is 423. The number of hydrogen-bond acceptors (Lipinski definition) is 6. The van der Waals surface area contributed by atoms with E-state index in [0.717, 1.165) is 0 Å². The second-order valence-electron chi connectivity index (χ2n) is 3.47. The molecule has 0 radical (unpaired) electrons. The van der Waals surface area contributed by atoms with Crippen molar-refractivity contribution in [2.24, 2.45) is 0 Å². The van der Waals surface area contributed by atoms with Gasteiger partial charge in [0.15, 0.2) is 11.5 Å². The number of methoxy groups -OCH3 is 2. The quantitative estimate of drug-likeness (QED) is 0.596. The van der Waals surface area contributed by atoms with Gasteiger partial charge in [-0.1, -0.05) is 12.1 Å². The van der Waals surface area contributed by atoms with Crippen LogP contribution in [0.5, 0.6) is 11.5 Å². The molecule has 1 aromatic carbocycles. The molecule has 0 atom stereocenters. The summed E-state index contributed by atoms with van der Waals surface area (Å²) in [5.74, 6) is 0.263. The highest BCUT2D eigenvalue weighted by molar-refractivity contribution is 5.71. The van der Waals surface area contributed by atoms with Crippen molar-refractivity contribution in [2.75, 3.05) is 14.2 Å². The van der Waals surface area contributed by atoms with E-state index in [4.69, 9.17) is 9.47 Å². The minimum atomic E-state index is -0.890. The second kappa shape index (κ2) is 5.90. The number of carbonyl (C=O) groups is 2. The van der Waals surface area contributed by atoms with Crippen LogP contribution in [-0.4, -0.2) is 26.5 Å². The van der Waals surface area contributed by atoms with E-state index in [1.165, 1.54) is 14.2 Å². The molecule has 0 heterocycles. The van der Waals surface area contributed by atoms with Crippen LogP contribution in [0.3, 0.4) is 0 Å². The topological polar surface area (TPSA) is 71.1 Å². The molecule has 0 unspecified atom stereocenters. The molecule has 0 spiro atoms. The predicted octanol–water partition coefficient (Wildman–Crippen LogP) is 2.59. The minimum Gasteiger partial charge on any atom is -0.437 e. The zero-order valence-corrected chi connectivity index (χ0v) is 10.6. The van der Waals surface area contributed by atoms with E-state index in [2.05, 4.69) is 9.47 Å². The van der Waals surface area contributed by atoms with Crippen LogP contribution in [0.25, 0.3) is 0 Å². The van der Waals surface area contributed by atoms with Crippen molar-refractivity contribution in [3.05, 3.63) is 23.3 Å². The summed E-state index contributed by atoms with van der Waals surface area (Å²) < 4.78 is 18.7. The van der Waals surface area contributed by atoms with Gasteiger partial charge < -0.3 is 18.9 Å². The van der Waals surface area contributed by atoms with Crippen LogP contribution in [0.1, 0.15) is 11.1 Å². The van der Waals surface area contributed by atoms with E-state index in [1.807, 2.05) is 0 Å². The van der Waals surface area contributed by atoms with Gasteiger partial charge in [-0.05, 0) is 25.0 Å². The Balaban J connectivity index is 3.15. The van der Waals surface area contributed by atoms with E-state index >= 15 is 0 Å². The first-order chi connectivity index (χ1) is 8.49. The predicted molar refractivity (Wildman–Crippen MR) is 62.0 cm³/mol. The molecule has 18 heavy (non-hydrogen) atoms. The lowest BCUT2D eigenvalue weighted by atomic mass is 10.1. The summed E-state index contributed by atoms with van der Waals surface area (Å²) in [4.78, 5) is 22.3. The maximum Gasteiger partial charge on any atom is 0.513 e. The fraction of sp³-hybridized carbons (Fsp3) is 0.333. The van der Waals surface area contributed by atoms with Crippen molar-refractivity contribution in [3.8, 4) is 11.5 Å². The van der Waals surface area contributed by atoms with E-state index in [0.29, 0.717) is 11.1 Å². The first kappa shape index (κ1) is 13.8. The number of hydrogen-bond donors (Lipinski definition) is 0. The number of carbonyl (C=O) groups excluding carboxylic acids is 2. The van der Waals surface area contributed by atoms with Crippen molar-refractivity contribution < 1.29 is 28.5 Å². The Labute approximate surface area is 104 Å². The summed E-state index contributed by atoms with van der Waals surface area (Å²) in [6, 6.07) is 3.47. The van der Waals surface area contributed by atoms with E-state index in [-0.39, 0.29) is 11.5 Å². The summed E-state index contributed by atoms with van der Waals surface area (Å²) in [7, 11) is 2.38. The van der Waals surface area contributed by atoms with Crippen LogP contribution in [0, 0.1) is 13.8 Å². The van der Waals surface area contributed by atoms with Crippen LogP contribution in [0.2, 0.25) is 0 Å². The Morgan fingerprint density at radius 1 is 0.833 bits per heavy atom. The van der Waals surface area contributed by atoms with Gasteiger partial charge in [0.25, 0.3) is 0 Å². The highest BCUT2D eigenvalue weighted by Crippen LogP contribution is 2.35. The van der Waals surface area contributed by atoms with Gasteiger partial charge in [0.1, 0.15) is 0 Å². The summed E-state index contributed by atoms with van der Waals surface area (Å²) >= 11 is 0. The Kier molecular flexibility index (Phi) is 4.53. The molecular formula is C12H14O6. The number of aryl methyl sites for hydroxylation is 2. The maximum absolute atomic E-state index is 11.1. The monoisotopic (exact) mass is 254 g/mol. The number of ether oxygens (including phenoxy) is 4. The molecule has 0 fully saturated rings. The Morgan fingerprint density at radius 3 is 1.44 bits per heavy atom. The molecule has 0 bridgehead atoms. The molecular weight excluding hydrogens is 240 g/mol. The van der Waals surface area contributed by atoms with Crippen molar-refractivity contribution in [3.63, 3.8) is 0 Å². The van der Waals surface area contributed by atoms with Gasteiger partial charge in [0, 0.05) is 0 Å². The minimum absolute atomic E-state index is 0.132. The third-order valence-electron chi connectivity index (χ3n) is 2.21. The molecule has 0 saturated carbocycles. The summed E-state index contributed by atoms with van der Waals surface area (Å²) in [5, 5.41) is 0. The van der Waals surface area contributed by atoms with Crippen LogP contribution >= 0.6 is 0 Å². The highest BCUT2D eigenvalue weighted by atomic mass is 16.7. The van der Waals surface area contributed by atoms with E-state index < -0.39 is 12.3 Å². The average Bonchev–Trinajstić information content (AvgIpc) is 2.37. The zero-order valence-electron chi connectivity index (χ0n) is 10.6. The Morgan fingerprint density at radius 2 is 1.17 bits per heavy atom. The van der Waals surface area contributed by atoms with Gasteiger partial charge in [-0.25, -0.2) is 9.59 Å². The lowest BCUT2D eigenvalue weighted by molar-refractivity contribution is 0.110. The first-order valence-corrected chi connectivity index (χ1v) is 5.11. The van der Waals surface area contributed by atoms with Gasteiger partial charge in [-0.2, -0.15) is 0 Å². The smallest absolute Gasteiger partial charge is 0.437 e. The lowest BCUT2D eigenvalue weighted by Gasteiger charge is -2.13. The average molecular weight is 254 g/mol. The zero-order chi connectivity index (χ0) is 13.7. The molecule has 1 rings (SSSR count). The molecule has 0 aliphatic heterocycles. The lowest BCUT2D eigenvalue weighted by Crippen LogP contribution is -2.13. The van der Waals surface area contributed by atoms with Gasteiger partial charge in [-0.15, -0.1) is 0 Å². The molecule has 0 aliphatic rings. The fourth-order valence-corrected chi connectivity index (χ4v) is 1.26. The molecule has 0 aliphatic carbocycles. The Hall–Kier alpha value is -2.24. The summed E-state index contributed by atoms with van der Waals surface area (Å²) in [6.07, 6.45) is -1.78. The molecule has 0 aromatic heterocycles. The van der Waals surface area contributed by atoms with E-state index in [9.17, 15) is 9.59 Å². The maximum atomic E-state index is 11.1. The first-order valence-electron chi connectivity index (χ1n) is 5.11. The molecule has 0 saturated heterocycles. The van der Waals surface area contributed by atoms with Crippen LogP contribution in [0.4, 0.5) is 9.59 Å². The normalized spacial score (nSPS) is 9.56. The fourth-order valence-electron chi connectivity index (χ4n) is 1.26. The SMILES string of the molecule is COC(=O)Oc1c(C)ccc(C)c1OC(=O)OC. The van der Waals surface area contributed by atoms with Gasteiger partial charge in [0.05, 0.1) is 14.2 Å². The van der Waals surface area contributed by atoms with Crippen LogP contribution in [-0.2, 0) is 9.47 Å². The van der Waals surface area contributed by atoms with Gasteiger partial charge in [0.2, 0.25) is 0 Å². The molecule has 0 amide bonds. The van der Waals surface area contributed by atoms with E-state index in [1.54, 1.807) is 26.0 Å². The van der Waals surface area contributed by atoms with Crippen molar-refractivity contribution in [1.29, 1.82) is 0 Å². The highest BCUT2D eigenvalue weighted by Gasteiger charge is 2.18. The third kappa shape index (κ3) is 3.13. The largest absolute Gasteiger partial charge is 0.513 e. The van der Waals surface area contributed by atoms with Crippen molar-refractivity contribution >= 4 is 12.3 Å². The molecule has 1 aromatic rings. The van der Waals surface area contributed by atoms with Crippen LogP contribution in [0.15, 0.2) is 12.1 Å². The number of rotatable bonds is 2. The molecule has 98 valence electrons. The molecule has 6 heteroatoms. The standard InChI is InChI=1S/C12H14O6/c1-7-5-6-8(2)10(18-12(14)16-4)9(7)17-11(13)15-3/h5-6H,1-4H3. The molecule has 0 N–H and O–H groups in total. The second-order valence-corrected chi connectivity index (χ2v) is 3.47. The van der Waals surface area contributed by atoms with Gasteiger partial charge >= 0.3 is 12.3 Å². The third-order valence-corrected chi connectivity index (χ3v) is 2.21. The molecule has 6 nitrogen and oxygen atoms in total. The van der Waals surface area contributed by atoms with Crippen LogP contribution < -0.4 is 9.47 Å². The summed E-state index contributed by atoms with van der Waals surface area (Å²) in [6.45, 7) is 3.42. The van der Waals surface area contributed by atoms with Crippen molar-refractivity contribution in [1.82, 2.24) is 0 Å². The van der Waals surface area contributed by atoms with Gasteiger partial charge in [-0.3, -0.25) is 0 Å². The van der Waals surface area contributed by atoms with Crippen molar-refractivity contribution in [2.45, 2.75) is 13.8 Å².